The van der Waals surface area contributed by atoms with Gasteiger partial charge in [0.15, 0.2) is 0 Å². The van der Waals surface area contributed by atoms with Crippen LogP contribution in [0.1, 0.15) is 6.42 Å². The minimum absolute atomic E-state index is 0.126. The molecule has 0 aliphatic rings. The average molecular weight is 384 g/mol. The number of halogens is 2. The molecule has 126 valence electrons. The molecule has 0 fully saturated rings. The zero-order valence-electron chi connectivity index (χ0n) is 12.6. The van der Waals surface area contributed by atoms with E-state index in [-0.39, 0.29) is 29.9 Å². The zero-order chi connectivity index (χ0) is 17.4. The van der Waals surface area contributed by atoms with Crippen LogP contribution in [-0.4, -0.2) is 28.4 Å². The second kappa shape index (κ2) is 9.52. The Hall–Kier alpha value is -1.76. The number of thioether (sulfide) groups is 1. The number of anilines is 2. The number of hydrogen-bond donors (Lipinski definition) is 2. The molecule has 0 saturated heterocycles. The van der Waals surface area contributed by atoms with E-state index in [1.165, 1.54) is 18.0 Å². The van der Waals surface area contributed by atoms with Crippen LogP contribution in [0.4, 0.5) is 11.5 Å². The molecule has 2 rings (SSSR count). The summed E-state index contributed by atoms with van der Waals surface area (Å²) in [5.74, 6) is 0.654. The van der Waals surface area contributed by atoms with E-state index >= 15 is 0 Å². The van der Waals surface area contributed by atoms with Crippen LogP contribution in [-0.2, 0) is 9.59 Å². The second-order valence-corrected chi connectivity index (χ2v) is 6.57. The highest BCUT2D eigenvalue weighted by Crippen LogP contribution is 2.21. The lowest BCUT2D eigenvalue weighted by Gasteiger charge is -2.06. The van der Waals surface area contributed by atoms with Gasteiger partial charge in [0.05, 0.1) is 5.75 Å². The van der Waals surface area contributed by atoms with Gasteiger partial charge in [-0.05, 0) is 36.4 Å². The van der Waals surface area contributed by atoms with Crippen molar-refractivity contribution in [2.75, 3.05) is 22.3 Å². The van der Waals surface area contributed by atoms with Crippen molar-refractivity contribution >= 4 is 58.3 Å². The molecule has 8 heteroatoms. The summed E-state index contributed by atoms with van der Waals surface area (Å²) in [6.07, 6.45) is 1.80. The van der Waals surface area contributed by atoms with Crippen LogP contribution in [0.25, 0.3) is 0 Å². The van der Waals surface area contributed by atoms with E-state index in [4.69, 9.17) is 23.2 Å². The number of hydrogen-bond acceptors (Lipinski definition) is 4. The fourth-order valence-electron chi connectivity index (χ4n) is 1.74. The van der Waals surface area contributed by atoms with Gasteiger partial charge in [0, 0.05) is 34.1 Å². The van der Waals surface area contributed by atoms with Gasteiger partial charge < -0.3 is 10.6 Å². The first kappa shape index (κ1) is 18.6. The fraction of sp³-hybridized carbons (Fsp3) is 0.188. The topological polar surface area (TPSA) is 71.1 Å². The van der Waals surface area contributed by atoms with Gasteiger partial charge in [-0.15, -0.1) is 23.4 Å². The van der Waals surface area contributed by atoms with E-state index in [2.05, 4.69) is 15.6 Å². The van der Waals surface area contributed by atoms with Crippen molar-refractivity contribution in [3.05, 3.63) is 47.6 Å². The number of amides is 2. The molecule has 0 aliphatic heterocycles. The van der Waals surface area contributed by atoms with Gasteiger partial charge >= 0.3 is 0 Å². The fourth-order valence-corrected chi connectivity index (χ4v) is 2.77. The molecular formula is C16H15Cl2N3O2S. The van der Waals surface area contributed by atoms with Crippen LogP contribution in [0, 0.1) is 0 Å². The Kier molecular flexibility index (Phi) is 7.36. The Morgan fingerprint density at radius 2 is 1.83 bits per heavy atom. The Labute approximate surface area is 154 Å². The molecule has 2 amide bonds. The SMILES string of the molecule is O=C(CCCl)Nc1ccc(SCC(=O)Nc2cc(Cl)ccn2)cc1. The molecule has 0 unspecified atom stereocenters. The molecular weight excluding hydrogens is 369 g/mol. The monoisotopic (exact) mass is 383 g/mol. The molecule has 0 saturated carbocycles. The number of benzene rings is 1. The summed E-state index contributed by atoms with van der Waals surface area (Å²) in [6.45, 7) is 0. The van der Waals surface area contributed by atoms with Crippen molar-refractivity contribution in [2.24, 2.45) is 0 Å². The van der Waals surface area contributed by atoms with Crippen molar-refractivity contribution in [2.45, 2.75) is 11.3 Å². The molecule has 5 nitrogen and oxygen atoms in total. The minimum Gasteiger partial charge on any atom is -0.326 e. The van der Waals surface area contributed by atoms with E-state index < -0.39 is 0 Å². The minimum atomic E-state index is -0.172. The molecule has 0 spiro atoms. The summed E-state index contributed by atoms with van der Waals surface area (Å²) in [7, 11) is 0. The molecule has 0 radical (unpaired) electrons. The number of carbonyl (C=O) groups excluding carboxylic acids is 2. The number of rotatable bonds is 7. The number of alkyl halides is 1. The second-order valence-electron chi connectivity index (χ2n) is 4.71. The third kappa shape index (κ3) is 6.39. The maximum absolute atomic E-state index is 11.9. The lowest BCUT2D eigenvalue weighted by molar-refractivity contribution is -0.116. The first-order valence-corrected chi connectivity index (χ1v) is 8.97. The Bertz CT molecular complexity index is 711. The lowest BCUT2D eigenvalue weighted by atomic mass is 10.3. The van der Waals surface area contributed by atoms with E-state index in [0.29, 0.717) is 16.5 Å². The van der Waals surface area contributed by atoms with Crippen molar-refractivity contribution < 1.29 is 9.59 Å². The average Bonchev–Trinajstić information content (AvgIpc) is 2.54. The number of aromatic nitrogens is 1. The van der Waals surface area contributed by atoms with E-state index in [1.54, 1.807) is 24.3 Å². The zero-order valence-corrected chi connectivity index (χ0v) is 14.9. The number of nitrogens with one attached hydrogen (secondary N) is 2. The third-order valence-electron chi connectivity index (χ3n) is 2.82. The van der Waals surface area contributed by atoms with Crippen LogP contribution in [0.2, 0.25) is 5.02 Å². The lowest BCUT2D eigenvalue weighted by Crippen LogP contribution is -2.14. The van der Waals surface area contributed by atoms with Crippen molar-refractivity contribution in [3.63, 3.8) is 0 Å². The van der Waals surface area contributed by atoms with E-state index in [1.807, 2.05) is 12.1 Å². The van der Waals surface area contributed by atoms with Crippen LogP contribution >= 0.6 is 35.0 Å². The molecule has 0 atom stereocenters. The third-order valence-corrected chi connectivity index (χ3v) is 4.26. The van der Waals surface area contributed by atoms with E-state index in [0.717, 1.165) is 4.90 Å². The first-order chi connectivity index (χ1) is 11.6. The van der Waals surface area contributed by atoms with Gasteiger partial charge in [-0.1, -0.05) is 11.6 Å². The largest absolute Gasteiger partial charge is 0.326 e. The van der Waals surface area contributed by atoms with Gasteiger partial charge in [0.1, 0.15) is 5.82 Å². The number of carbonyl (C=O) groups is 2. The van der Waals surface area contributed by atoms with Crippen molar-refractivity contribution in [3.8, 4) is 0 Å². The van der Waals surface area contributed by atoms with Gasteiger partial charge in [-0.2, -0.15) is 0 Å². The summed E-state index contributed by atoms with van der Waals surface area (Å²) in [4.78, 5) is 28.3. The summed E-state index contributed by atoms with van der Waals surface area (Å²) < 4.78 is 0. The normalized spacial score (nSPS) is 10.2. The van der Waals surface area contributed by atoms with Gasteiger partial charge in [-0.3, -0.25) is 9.59 Å². The van der Waals surface area contributed by atoms with E-state index in [9.17, 15) is 9.59 Å². The Morgan fingerprint density at radius 1 is 1.08 bits per heavy atom. The van der Waals surface area contributed by atoms with Gasteiger partial charge in [0.2, 0.25) is 11.8 Å². The Morgan fingerprint density at radius 3 is 2.50 bits per heavy atom. The first-order valence-electron chi connectivity index (χ1n) is 7.07. The molecule has 0 bridgehead atoms. The smallest absolute Gasteiger partial charge is 0.235 e. The summed E-state index contributed by atoms with van der Waals surface area (Å²) in [6, 6.07) is 10.5. The quantitative estimate of drug-likeness (QED) is 0.559. The van der Waals surface area contributed by atoms with Crippen LogP contribution in [0.3, 0.4) is 0 Å². The van der Waals surface area contributed by atoms with Crippen molar-refractivity contribution in [1.29, 1.82) is 0 Å². The highest BCUT2D eigenvalue weighted by Gasteiger charge is 2.06. The molecule has 2 aromatic rings. The van der Waals surface area contributed by atoms with Gasteiger partial charge in [-0.25, -0.2) is 4.98 Å². The molecule has 1 aromatic heterocycles. The van der Waals surface area contributed by atoms with Crippen LogP contribution < -0.4 is 10.6 Å². The van der Waals surface area contributed by atoms with Crippen LogP contribution in [0.5, 0.6) is 0 Å². The molecule has 1 heterocycles. The number of nitrogens with zero attached hydrogens (tertiary/aromatic N) is 1. The predicted octanol–water partition coefficient (Wildman–Crippen LogP) is 4.03. The van der Waals surface area contributed by atoms with Crippen molar-refractivity contribution in [1.82, 2.24) is 4.98 Å². The highest BCUT2D eigenvalue weighted by molar-refractivity contribution is 8.00. The Balaban J connectivity index is 1.81. The molecule has 2 N–H and O–H groups in total. The van der Waals surface area contributed by atoms with Gasteiger partial charge in [0.25, 0.3) is 0 Å². The standard InChI is InChI=1S/C16H15Cl2N3O2S/c17-7-5-15(22)20-12-1-3-13(4-2-12)24-10-16(23)21-14-9-11(18)6-8-19-14/h1-4,6,8-9H,5,7,10H2,(H,20,22)(H,19,21,23). The molecule has 1 aromatic carbocycles. The molecule has 24 heavy (non-hydrogen) atoms. The van der Waals surface area contributed by atoms with Crippen LogP contribution in [0.15, 0.2) is 47.5 Å². The maximum Gasteiger partial charge on any atom is 0.235 e. The maximum atomic E-state index is 11.9. The highest BCUT2D eigenvalue weighted by atomic mass is 35.5. The summed E-state index contributed by atoms with van der Waals surface area (Å²) >= 11 is 12.7. The summed E-state index contributed by atoms with van der Waals surface area (Å²) in [5, 5.41) is 5.93. The number of pyridine rings is 1. The molecule has 0 aliphatic carbocycles. The predicted molar refractivity (Wildman–Crippen MR) is 99.0 cm³/mol. The summed E-state index contributed by atoms with van der Waals surface area (Å²) in [5.41, 5.74) is 0.696.